The topological polar surface area (TPSA) is 48.1 Å². The number of para-hydroxylation sites is 1. The van der Waals surface area contributed by atoms with Crippen molar-refractivity contribution in [3.05, 3.63) is 60.3 Å². The number of nitrogens with zero attached hydrogens (tertiary/aromatic N) is 1. The Balaban J connectivity index is 2.10. The van der Waals surface area contributed by atoms with Gasteiger partial charge in [-0.15, -0.1) is 0 Å². The van der Waals surface area contributed by atoms with Gasteiger partial charge in [0.05, 0.1) is 0 Å². The Kier molecular flexibility index (Phi) is 2.95. The summed E-state index contributed by atoms with van der Waals surface area (Å²) >= 11 is 0. The number of ether oxygens (including phenoxy) is 1. The minimum Gasteiger partial charge on any atom is -0.449 e. The lowest BCUT2D eigenvalue weighted by atomic mass is 10.2. The van der Waals surface area contributed by atoms with Crippen molar-refractivity contribution in [1.82, 2.24) is 4.98 Å². The van der Waals surface area contributed by atoms with E-state index in [2.05, 4.69) is 4.98 Å². The van der Waals surface area contributed by atoms with Crippen LogP contribution in [-0.4, -0.2) is 4.98 Å². The molecule has 0 aliphatic heterocycles. The van der Waals surface area contributed by atoms with Crippen LogP contribution in [0.15, 0.2) is 48.7 Å². The van der Waals surface area contributed by atoms with E-state index < -0.39 is 17.4 Å². The van der Waals surface area contributed by atoms with Crippen molar-refractivity contribution in [3.8, 4) is 11.5 Å². The van der Waals surface area contributed by atoms with Crippen molar-refractivity contribution >= 4 is 16.6 Å². The molecule has 0 radical (unpaired) electrons. The van der Waals surface area contributed by atoms with Crippen LogP contribution >= 0.6 is 0 Å². The van der Waals surface area contributed by atoms with Gasteiger partial charge in [0.2, 0.25) is 0 Å². The van der Waals surface area contributed by atoms with Crippen LogP contribution in [-0.2, 0) is 0 Å². The first-order valence-electron chi connectivity index (χ1n) is 5.91. The van der Waals surface area contributed by atoms with Gasteiger partial charge in [0.15, 0.2) is 23.1 Å². The molecule has 0 amide bonds. The van der Waals surface area contributed by atoms with Gasteiger partial charge in [-0.25, -0.2) is 8.78 Å². The van der Waals surface area contributed by atoms with Crippen LogP contribution in [0, 0.1) is 11.6 Å². The van der Waals surface area contributed by atoms with E-state index in [9.17, 15) is 8.78 Å². The van der Waals surface area contributed by atoms with Crippen molar-refractivity contribution in [2.24, 2.45) is 0 Å². The van der Waals surface area contributed by atoms with Crippen LogP contribution in [0.2, 0.25) is 0 Å². The summed E-state index contributed by atoms with van der Waals surface area (Å²) in [5.74, 6) is -1.91. The first-order valence-corrected chi connectivity index (χ1v) is 5.91. The quantitative estimate of drug-likeness (QED) is 0.720. The Bertz CT molecular complexity index is 761. The molecule has 0 saturated carbocycles. The number of hydrogen-bond donors (Lipinski definition) is 1. The zero-order valence-electron chi connectivity index (χ0n) is 10.3. The summed E-state index contributed by atoms with van der Waals surface area (Å²) in [7, 11) is 0. The fraction of sp³-hybridized carbons (Fsp3) is 0. The van der Waals surface area contributed by atoms with Gasteiger partial charge in [-0.2, -0.15) is 0 Å². The maximum atomic E-state index is 13.7. The van der Waals surface area contributed by atoms with Crippen molar-refractivity contribution < 1.29 is 13.5 Å². The predicted octanol–water partition coefficient (Wildman–Crippen LogP) is 3.89. The number of halogens is 2. The van der Waals surface area contributed by atoms with Gasteiger partial charge >= 0.3 is 0 Å². The molecule has 100 valence electrons. The second kappa shape index (κ2) is 4.77. The first kappa shape index (κ1) is 12.3. The van der Waals surface area contributed by atoms with Crippen LogP contribution < -0.4 is 10.5 Å². The van der Waals surface area contributed by atoms with Gasteiger partial charge in [-0.1, -0.05) is 18.2 Å². The van der Waals surface area contributed by atoms with E-state index >= 15 is 0 Å². The van der Waals surface area contributed by atoms with Crippen LogP contribution in [0.4, 0.5) is 14.5 Å². The normalized spacial score (nSPS) is 10.7. The Hall–Kier alpha value is -2.69. The number of nitrogen functional groups attached to an aromatic ring is 1. The van der Waals surface area contributed by atoms with Crippen molar-refractivity contribution in [2.45, 2.75) is 0 Å². The van der Waals surface area contributed by atoms with E-state index in [1.165, 1.54) is 0 Å². The number of aromatic nitrogens is 1. The Morgan fingerprint density at radius 1 is 1.00 bits per heavy atom. The van der Waals surface area contributed by atoms with Gasteiger partial charge in [0, 0.05) is 29.4 Å². The number of anilines is 1. The number of pyridine rings is 1. The molecule has 1 heterocycles. The highest BCUT2D eigenvalue weighted by Crippen LogP contribution is 2.32. The van der Waals surface area contributed by atoms with Gasteiger partial charge < -0.3 is 10.5 Å². The molecule has 5 heteroatoms. The summed E-state index contributed by atoms with van der Waals surface area (Å²) in [6.45, 7) is 0. The maximum Gasteiger partial charge on any atom is 0.198 e. The minimum absolute atomic E-state index is 0.00314. The number of benzene rings is 2. The van der Waals surface area contributed by atoms with Crippen molar-refractivity contribution in [2.75, 3.05) is 5.73 Å². The Labute approximate surface area is 113 Å². The zero-order valence-corrected chi connectivity index (χ0v) is 10.3. The largest absolute Gasteiger partial charge is 0.449 e. The van der Waals surface area contributed by atoms with Gasteiger partial charge in [0.1, 0.15) is 5.52 Å². The highest BCUT2D eigenvalue weighted by Gasteiger charge is 2.14. The van der Waals surface area contributed by atoms with Gasteiger partial charge in [-0.05, 0) is 12.1 Å². The lowest BCUT2D eigenvalue weighted by molar-refractivity contribution is 0.410. The lowest BCUT2D eigenvalue weighted by Gasteiger charge is -2.10. The van der Waals surface area contributed by atoms with Crippen LogP contribution in [0.25, 0.3) is 10.9 Å². The lowest BCUT2D eigenvalue weighted by Crippen LogP contribution is -1.96. The third-order valence-electron chi connectivity index (χ3n) is 2.83. The number of nitrogens with two attached hydrogens (primary N) is 1. The molecule has 0 saturated heterocycles. The molecule has 0 aliphatic rings. The first-order chi connectivity index (χ1) is 9.65. The van der Waals surface area contributed by atoms with E-state index in [1.54, 1.807) is 24.4 Å². The molecule has 3 nitrogen and oxygen atoms in total. The zero-order chi connectivity index (χ0) is 14.1. The van der Waals surface area contributed by atoms with E-state index in [-0.39, 0.29) is 11.4 Å². The molecule has 2 N–H and O–H groups in total. The smallest absolute Gasteiger partial charge is 0.198 e. The number of fused-ring (bicyclic) bond motifs is 1. The molecule has 0 atom stereocenters. The highest BCUT2D eigenvalue weighted by molar-refractivity contribution is 5.84. The molecule has 0 spiro atoms. The molecule has 3 aromatic rings. The molecule has 3 rings (SSSR count). The monoisotopic (exact) mass is 272 g/mol. The molecule has 20 heavy (non-hydrogen) atoms. The highest BCUT2D eigenvalue weighted by atomic mass is 19.1. The summed E-state index contributed by atoms with van der Waals surface area (Å²) in [6.07, 6.45) is 1.59. The van der Waals surface area contributed by atoms with E-state index in [0.717, 1.165) is 17.5 Å². The second-order valence-electron chi connectivity index (χ2n) is 4.25. The Morgan fingerprint density at radius 3 is 2.45 bits per heavy atom. The second-order valence-corrected chi connectivity index (χ2v) is 4.25. The average Bonchev–Trinajstić information content (AvgIpc) is 2.43. The van der Waals surface area contributed by atoms with Crippen molar-refractivity contribution in [3.63, 3.8) is 0 Å². The number of rotatable bonds is 2. The predicted molar refractivity (Wildman–Crippen MR) is 72.6 cm³/mol. The van der Waals surface area contributed by atoms with E-state index in [1.807, 2.05) is 12.1 Å². The van der Waals surface area contributed by atoms with Gasteiger partial charge in [-0.3, -0.25) is 4.98 Å². The van der Waals surface area contributed by atoms with Crippen LogP contribution in [0.1, 0.15) is 0 Å². The van der Waals surface area contributed by atoms with E-state index in [4.69, 9.17) is 10.5 Å². The third kappa shape index (κ3) is 2.14. The average molecular weight is 272 g/mol. The Morgan fingerprint density at radius 2 is 1.70 bits per heavy atom. The van der Waals surface area contributed by atoms with Crippen molar-refractivity contribution in [1.29, 1.82) is 0 Å². The molecule has 0 aliphatic carbocycles. The molecule has 1 aromatic heterocycles. The summed E-state index contributed by atoms with van der Waals surface area (Å²) in [4.78, 5) is 4.16. The molecule has 0 fully saturated rings. The number of hydrogen-bond acceptors (Lipinski definition) is 3. The minimum atomic E-state index is -0.851. The summed E-state index contributed by atoms with van der Waals surface area (Å²) < 4.78 is 32.8. The molecular weight excluding hydrogens is 262 g/mol. The van der Waals surface area contributed by atoms with E-state index in [0.29, 0.717) is 5.52 Å². The molecule has 2 aromatic carbocycles. The fourth-order valence-electron chi connectivity index (χ4n) is 1.95. The van der Waals surface area contributed by atoms with Crippen LogP contribution in [0.5, 0.6) is 11.5 Å². The SMILES string of the molecule is Nc1cc(F)c(Oc2cccc3cccnc23)c(F)c1. The summed E-state index contributed by atoms with van der Waals surface area (Å²) in [5.41, 5.74) is 5.90. The fourth-order valence-corrected chi connectivity index (χ4v) is 1.95. The maximum absolute atomic E-state index is 13.7. The van der Waals surface area contributed by atoms with Crippen LogP contribution in [0.3, 0.4) is 0 Å². The molecule has 0 bridgehead atoms. The molecular formula is C15H10F2N2O. The third-order valence-corrected chi connectivity index (χ3v) is 2.83. The summed E-state index contributed by atoms with van der Waals surface area (Å²) in [6, 6.07) is 10.8. The molecule has 0 unspecified atom stereocenters. The van der Waals surface area contributed by atoms with Gasteiger partial charge in [0.25, 0.3) is 0 Å². The standard InChI is InChI=1S/C15H10F2N2O/c16-11-7-10(18)8-12(17)15(11)20-13-5-1-3-9-4-2-6-19-14(9)13/h1-8H,18H2. The summed E-state index contributed by atoms with van der Waals surface area (Å²) in [5, 5.41) is 0.821.